The molecule has 31 heavy (non-hydrogen) atoms. The third-order valence-corrected chi connectivity index (χ3v) is 5.06. The average molecular weight is 436 g/mol. The second-order valence-electron chi connectivity index (χ2n) is 6.37. The second kappa shape index (κ2) is 10.9. The third kappa shape index (κ3) is 6.39. The van der Waals surface area contributed by atoms with Crippen molar-refractivity contribution in [3.63, 3.8) is 0 Å². The van der Waals surface area contributed by atoms with Gasteiger partial charge in [-0.3, -0.25) is 4.79 Å². The van der Waals surface area contributed by atoms with E-state index in [4.69, 9.17) is 14.0 Å². The predicted molar refractivity (Wildman–Crippen MR) is 119 cm³/mol. The molecule has 0 bridgehead atoms. The molecule has 0 atom stereocenters. The highest BCUT2D eigenvalue weighted by molar-refractivity contribution is 7.99. The summed E-state index contributed by atoms with van der Waals surface area (Å²) in [7, 11) is 1.54. The minimum absolute atomic E-state index is 0.0735. The lowest BCUT2D eigenvalue weighted by Crippen LogP contribution is -2.13. The summed E-state index contributed by atoms with van der Waals surface area (Å²) < 4.78 is 16.2. The molecule has 0 saturated carbocycles. The molecular formula is C23H21N3O4S. The number of carbonyl (C=O) groups excluding carboxylic acids is 1. The topological polar surface area (TPSA) is 97.4 Å². The van der Waals surface area contributed by atoms with Gasteiger partial charge in [0.05, 0.1) is 13.7 Å². The van der Waals surface area contributed by atoms with E-state index < -0.39 is 5.91 Å². The van der Waals surface area contributed by atoms with Gasteiger partial charge in [0.1, 0.15) is 17.4 Å². The number of nitriles is 1. The molecule has 3 rings (SSSR count). The molecule has 2 aromatic carbocycles. The van der Waals surface area contributed by atoms with Gasteiger partial charge in [-0.1, -0.05) is 29.4 Å². The van der Waals surface area contributed by atoms with Gasteiger partial charge in [0.15, 0.2) is 17.3 Å². The quantitative estimate of drug-likeness (QED) is 0.225. The molecular weight excluding hydrogens is 414 g/mol. The second-order valence-corrected chi connectivity index (χ2v) is 7.54. The minimum atomic E-state index is -0.576. The van der Waals surface area contributed by atoms with Gasteiger partial charge >= 0.3 is 0 Å². The van der Waals surface area contributed by atoms with Gasteiger partial charge < -0.3 is 19.3 Å². The molecule has 0 radical (unpaired) electrons. The number of methoxy groups -OCH3 is 1. The maximum absolute atomic E-state index is 12.3. The lowest BCUT2D eigenvalue weighted by atomic mass is 10.1. The van der Waals surface area contributed by atoms with E-state index in [-0.39, 0.29) is 11.4 Å². The van der Waals surface area contributed by atoms with E-state index in [1.807, 2.05) is 24.3 Å². The summed E-state index contributed by atoms with van der Waals surface area (Å²) in [6.07, 6.45) is 1.47. The molecule has 0 aliphatic heterocycles. The van der Waals surface area contributed by atoms with Crippen molar-refractivity contribution in [1.82, 2.24) is 5.16 Å². The zero-order valence-corrected chi connectivity index (χ0v) is 17.9. The van der Waals surface area contributed by atoms with Gasteiger partial charge in [-0.2, -0.15) is 5.26 Å². The van der Waals surface area contributed by atoms with Gasteiger partial charge in [-0.15, -0.1) is 11.8 Å². The summed E-state index contributed by atoms with van der Waals surface area (Å²) in [5.74, 6) is 2.12. The van der Waals surface area contributed by atoms with Crippen molar-refractivity contribution in [2.24, 2.45) is 0 Å². The van der Waals surface area contributed by atoms with Crippen molar-refractivity contribution in [2.45, 2.75) is 11.8 Å². The summed E-state index contributed by atoms with van der Waals surface area (Å²) in [5.41, 5.74) is 0.557. The molecule has 158 valence electrons. The fourth-order valence-corrected chi connectivity index (χ4v) is 3.40. The van der Waals surface area contributed by atoms with Gasteiger partial charge in [-0.25, -0.2) is 0 Å². The van der Waals surface area contributed by atoms with E-state index in [0.717, 1.165) is 5.75 Å². The smallest absolute Gasteiger partial charge is 0.267 e. The molecule has 1 aromatic heterocycles. The zero-order chi connectivity index (χ0) is 22.1. The Morgan fingerprint density at radius 1 is 1.23 bits per heavy atom. The lowest BCUT2D eigenvalue weighted by molar-refractivity contribution is -0.112. The highest BCUT2D eigenvalue weighted by Gasteiger charge is 2.13. The summed E-state index contributed by atoms with van der Waals surface area (Å²) in [6.45, 7) is 2.22. The Morgan fingerprint density at radius 2 is 2.03 bits per heavy atom. The molecule has 7 nitrogen and oxygen atoms in total. The Hall–Kier alpha value is -3.70. The van der Waals surface area contributed by atoms with Gasteiger partial charge in [0.25, 0.3) is 5.91 Å². The normalized spacial score (nSPS) is 10.9. The number of hydrogen-bond donors (Lipinski definition) is 1. The number of anilines is 1. The van der Waals surface area contributed by atoms with Crippen molar-refractivity contribution < 1.29 is 18.8 Å². The molecule has 0 saturated heterocycles. The van der Waals surface area contributed by atoms with E-state index >= 15 is 0 Å². The zero-order valence-electron chi connectivity index (χ0n) is 17.1. The van der Waals surface area contributed by atoms with Crippen LogP contribution in [0.3, 0.4) is 0 Å². The van der Waals surface area contributed by atoms with Gasteiger partial charge in [-0.05, 0) is 42.8 Å². The number of aryl methyl sites for hydroxylation is 1. The van der Waals surface area contributed by atoms with Crippen LogP contribution in [0.2, 0.25) is 0 Å². The van der Waals surface area contributed by atoms with Crippen LogP contribution < -0.4 is 14.8 Å². The van der Waals surface area contributed by atoms with Crippen molar-refractivity contribution in [3.8, 4) is 17.6 Å². The molecule has 8 heteroatoms. The van der Waals surface area contributed by atoms with Gasteiger partial charge in [0.2, 0.25) is 0 Å². The molecule has 0 spiro atoms. The number of ether oxygens (including phenoxy) is 2. The standard InChI is InChI=1S/C23H21N3O4S/c1-16-12-22(26-30-16)25-23(27)18(15-24)13-17-8-9-20(21(14-17)28-2)29-10-11-31-19-6-4-3-5-7-19/h3-9,12-14H,10-11H2,1-2H3,(H,25,26,27)/b18-13-. The van der Waals surface area contributed by atoms with Crippen LogP contribution in [0.1, 0.15) is 11.3 Å². The first-order chi connectivity index (χ1) is 15.1. The van der Waals surface area contributed by atoms with Crippen molar-refractivity contribution in [2.75, 3.05) is 24.8 Å². The van der Waals surface area contributed by atoms with Crippen LogP contribution in [0.15, 0.2) is 69.6 Å². The summed E-state index contributed by atoms with van der Waals surface area (Å²) >= 11 is 1.71. The van der Waals surface area contributed by atoms with Crippen LogP contribution in [-0.2, 0) is 4.79 Å². The number of rotatable bonds is 9. The summed E-state index contributed by atoms with van der Waals surface area (Å²) in [5, 5.41) is 15.6. The van der Waals surface area contributed by atoms with E-state index in [1.54, 1.807) is 50.1 Å². The molecule has 1 N–H and O–H groups in total. The molecule has 3 aromatic rings. The summed E-state index contributed by atoms with van der Waals surface area (Å²) in [4.78, 5) is 13.5. The van der Waals surface area contributed by atoms with Crippen LogP contribution in [0, 0.1) is 18.3 Å². The number of hydrogen-bond acceptors (Lipinski definition) is 7. The Labute approximate surface area is 184 Å². The largest absolute Gasteiger partial charge is 0.493 e. The van der Waals surface area contributed by atoms with Crippen LogP contribution in [0.25, 0.3) is 6.08 Å². The molecule has 0 aliphatic rings. The number of amides is 1. The number of carbonyl (C=O) groups is 1. The average Bonchev–Trinajstić information content (AvgIpc) is 3.20. The SMILES string of the molecule is COc1cc(/C=C(/C#N)C(=O)Nc2cc(C)on2)ccc1OCCSc1ccccc1. The Kier molecular flexibility index (Phi) is 7.73. The van der Waals surface area contributed by atoms with E-state index in [0.29, 0.717) is 29.4 Å². The molecule has 0 unspecified atom stereocenters. The summed E-state index contributed by atoms with van der Waals surface area (Å²) in [6, 6.07) is 18.8. The first kappa shape index (κ1) is 22.0. The highest BCUT2D eigenvalue weighted by Crippen LogP contribution is 2.29. The fourth-order valence-electron chi connectivity index (χ4n) is 2.65. The molecule has 1 amide bonds. The first-order valence-electron chi connectivity index (χ1n) is 9.44. The van der Waals surface area contributed by atoms with Gasteiger partial charge in [0, 0.05) is 16.7 Å². The minimum Gasteiger partial charge on any atom is -0.493 e. The number of nitrogens with one attached hydrogen (secondary N) is 1. The third-order valence-electron chi connectivity index (χ3n) is 4.09. The van der Waals surface area contributed by atoms with Crippen LogP contribution in [0.5, 0.6) is 11.5 Å². The van der Waals surface area contributed by atoms with Crippen molar-refractivity contribution in [3.05, 3.63) is 71.5 Å². The number of thioether (sulfide) groups is 1. The predicted octanol–water partition coefficient (Wildman–Crippen LogP) is 4.71. The van der Waals surface area contributed by atoms with E-state index in [2.05, 4.69) is 22.6 Å². The highest BCUT2D eigenvalue weighted by atomic mass is 32.2. The molecule has 1 heterocycles. The monoisotopic (exact) mass is 435 g/mol. The van der Waals surface area contributed by atoms with E-state index in [1.165, 1.54) is 11.0 Å². The maximum Gasteiger partial charge on any atom is 0.267 e. The van der Waals surface area contributed by atoms with Crippen LogP contribution >= 0.6 is 11.8 Å². The van der Waals surface area contributed by atoms with E-state index in [9.17, 15) is 10.1 Å². The fraction of sp³-hybridized carbons (Fsp3) is 0.174. The number of nitrogens with zero attached hydrogens (tertiary/aromatic N) is 2. The Bertz CT molecular complexity index is 1100. The Morgan fingerprint density at radius 3 is 2.71 bits per heavy atom. The van der Waals surface area contributed by atoms with Crippen LogP contribution in [0.4, 0.5) is 5.82 Å². The van der Waals surface area contributed by atoms with Crippen LogP contribution in [-0.4, -0.2) is 30.5 Å². The molecule has 0 fully saturated rings. The first-order valence-corrected chi connectivity index (χ1v) is 10.4. The van der Waals surface area contributed by atoms with Crippen molar-refractivity contribution >= 4 is 29.6 Å². The molecule has 0 aliphatic carbocycles. The number of benzene rings is 2. The van der Waals surface area contributed by atoms with Crippen molar-refractivity contribution in [1.29, 1.82) is 5.26 Å². The lowest BCUT2D eigenvalue weighted by Gasteiger charge is -2.11. The maximum atomic E-state index is 12.3. The Balaban J connectivity index is 1.63. The number of aromatic nitrogens is 1.